The average molecular weight is 359 g/mol. The van der Waals surface area contributed by atoms with Crippen LogP contribution in [-0.2, 0) is 4.74 Å². The Balaban J connectivity index is 2.22. The lowest BCUT2D eigenvalue weighted by Crippen LogP contribution is -2.11. The van der Waals surface area contributed by atoms with Crippen molar-refractivity contribution in [3.63, 3.8) is 0 Å². The summed E-state index contributed by atoms with van der Waals surface area (Å²) >= 11 is 0. The van der Waals surface area contributed by atoms with Crippen LogP contribution in [0.4, 0.5) is 5.69 Å². The van der Waals surface area contributed by atoms with Crippen LogP contribution in [0.3, 0.4) is 0 Å². The standard InChI is InChI=1S/C19H21NO6/c1-4-24-17-11-10-14(12-18(17)25-5-2)19(21)26-13(3)15-8-6-7-9-16(15)20(22)23/h6-13H,4-5H2,1-3H3. The van der Waals surface area contributed by atoms with Crippen LogP contribution in [0.5, 0.6) is 11.5 Å². The van der Waals surface area contributed by atoms with Crippen LogP contribution in [0, 0.1) is 10.1 Å². The highest BCUT2D eigenvalue weighted by Crippen LogP contribution is 2.31. The number of para-hydroxylation sites is 1. The number of hydrogen-bond donors (Lipinski definition) is 0. The van der Waals surface area contributed by atoms with E-state index >= 15 is 0 Å². The number of nitro groups is 1. The van der Waals surface area contributed by atoms with E-state index in [0.717, 1.165) is 0 Å². The zero-order chi connectivity index (χ0) is 19.1. The lowest BCUT2D eigenvalue weighted by Gasteiger charge is -2.15. The second-order valence-corrected chi connectivity index (χ2v) is 5.39. The molecule has 0 radical (unpaired) electrons. The van der Waals surface area contributed by atoms with Crippen LogP contribution in [0.1, 0.15) is 42.8 Å². The molecule has 1 atom stereocenters. The second-order valence-electron chi connectivity index (χ2n) is 5.39. The Labute approximate surface area is 151 Å². The molecule has 0 saturated carbocycles. The van der Waals surface area contributed by atoms with Gasteiger partial charge in [-0.1, -0.05) is 12.1 Å². The van der Waals surface area contributed by atoms with Crippen LogP contribution in [-0.4, -0.2) is 24.1 Å². The third-order valence-electron chi connectivity index (χ3n) is 3.63. The first kappa shape index (κ1) is 19.2. The van der Waals surface area contributed by atoms with Crippen molar-refractivity contribution >= 4 is 11.7 Å². The summed E-state index contributed by atoms with van der Waals surface area (Å²) in [6.07, 6.45) is -0.772. The molecular formula is C19H21NO6. The van der Waals surface area contributed by atoms with Crippen molar-refractivity contribution in [1.29, 1.82) is 0 Å². The summed E-state index contributed by atoms with van der Waals surface area (Å²) in [7, 11) is 0. The average Bonchev–Trinajstić information content (AvgIpc) is 2.63. The van der Waals surface area contributed by atoms with Crippen molar-refractivity contribution in [2.45, 2.75) is 26.9 Å². The Morgan fingerprint density at radius 2 is 1.73 bits per heavy atom. The molecule has 0 aromatic heterocycles. The van der Waals surface area contributed by atoms with Crippen molar-refractivity contribution < 1.29 is 23.9 Å². The van der Waals surface area contributed by atoms with Crippen LogP contribution < -0.4 is 9.47 Å². The molecule has 1 unspecified atom stereocenters. The van der Waals surface area contributed by atoms with Gasteiger partial charge in [-0.05, 0) is 45.0 Å². The fourth-order valence-corrected chi connectivity index (χ4v) is 2.47. The molecule has 0 amide bonds. The molecule has 7 nitrogen and oxygen atoms in total. The quantitative estimate of drug-likeness (QED) is 0.396. The largest absolute Gasteiger partial charge is 0.490 e. The van der Waals surface area contributed by atoms with Gasteiger partial charge in [-0.15, -0.1) is 0 Å². The predicted octanol–water partition coefficient (Wildman–Crippen LogP) is 4.31. The van der Waals surface area contributed by atoms with E-state index in [2.05, 4.69) is 0 Å². The minimum Gasteiger partial charge on any atom is -0.490 e. The van der Waals surface area contributed by atoms with Gasteiger partial charge < -0.3 is 14.2 Å². The van der Waals surface area contributed by atoms with Crippen molar-refractivity contribution in [2.24, 2.45) is 0 Å². The molecular weight excluding hydrogens is 338 g/mol. The van der Waals surface area contributed by atoms with Gasteiger partial charge in [-0.2, -0.15) is 0 Å². The summed E-state index contributed by atoms with van der Waals surface area (Å²) in [5.41, 5.74) is 0.527. The molecule has 0 aliphatic rings. The molecule has 0 saturated heterocycles. The lowest BCUT2D eigenvalue weighted by atomic mass is 10.1. The Kier molecular flexibility index (Phi) is 6.54. The molecule has 2 aromatic rings. The fraction of sp³-hybridized carbons (Fsp3) is 0.316. The Morgan fingerprint density at radius 1 is 1.08 bits per heavy atom. The number of carbonyl (C=O) groups is 1. The highest BCUT2D eigenvalue weighted by molar-refractivity contribution is 5.90. The summed E-state index contributed by atoms with van der Waals surface area (Å²) in [6, 6.07) is 10.9. The molecule has 0 bridgehead atoms. The first-order valence-corrected chi connectivity index (χ1v) is 8.31. The summed E-state index contributed by atoms with van der Waals surface area (Å²) < 4.78 is 16.4. The monoisotopic (exact) mass is 359 g/mol. The molecule has 2 rings (SSSR count). The number of hydrogen-bond acceptors (Lipinski definition) is 6. The second kappa shape index (κ2) is 8.84. The molecule has 0 fully saturated rings. The van der Waals surface area contributed by atoms with Crippen LogP contribution in [0.25, 0.3) is 0 Å². The first-order chi connectivity index (χ1) is 12.5. The van der Waals surface area contributed by atoms with Gasteiger partial charge in [-0.25, -0.2) is 4.79 Å². The Bertz CT molecular complexity index is 789. The van der Waals surface area contributed by atoms with E-state index < -0.39 is 17.0 Å². The molecule has 0 N–H and O–H groups in total. The third kappa shape index (κ3) is 4.50. The van der Waals surface area contributed by atoms with Gasteiger partial charge in [0, 0.05) is 6.07 Å². The van der Waals surface area contributed by atoms with Crippen molar-refractivity contribution in [3.05, 3.63) is 63.7 Å². The Hall–Kier alpha value is -3.09. The van der Waals surface area contributed by atoms with Gasteiger partial charge >= 0.3 is 5.97 Å². The van der Waals surface area contributed by atoms with E-state index in [1.807, 2.05) is 13.8 Å². The summed E-state index contributed by atoms with van der Waals surface area (Å²) in [4.78, 5) is 23.1. The number of carbonyl (C=O) groups excluding carboxylic acids is 1. The number of benzene rings is 2. The molecule has 2 aromatic carbocycles. The highest BCUT2D eigenvalue weighted by Gasteiger charge is 2.22. The highest BCUT2D eigenvalue weighted by atomic mass is 16.6. The molecule has 7 heteroatoms. The topological polar surface area (TPSA) is 87.9 Å². The number of esters is 1. The predicted molar refractivity (Wildman–Crippen MR) is 95.7 cm³/mol. The minimum absolute atomic E-state index is 0.0884. The lowest BCUT2D eigenvalue weighted by molar-refractivity contribution is -0.386. The van der Waals surface area contributed by atoms with Crippen molar-refractivity contribution in [3.8, 4) is 11.5 Å². The molecule has 138 valence electrons. The zero-order valence-electron chi connectivity index (χ0n) is 14.9. The van der Waals surface area contributed by atoms with E-state index in [1.54, 1.807) is 43.3 Å². The van der Waals surface area contributed by atoms with Crippen LogP contribution in [0.2, 0.25) is 0 Å². The molecule has 0 aliphatic heterocycles. The fourth-order valence-electron chi connectivity index (χ4n) is 2.47. The van der Waals surface area contributed by atoms with Crippen LogP contribution in [0.15, 0.2) is 42.5 Å². The number of nitro benzene ring substituents is 1. The summed E-state index contributed by atoms with van der Waals surface area (Å²) in [6.45, 7) is 6.17. The number of ether oxygens (including phenoxy) is 3. The summed E-state index contributed by atoms with van der Waals surface area (Å²) in [5.74, 6) is 0.388. The minimum atomic E-state index is -0.772. The van der Waals surface area contributed by atoms with Gasteiger partial charge in [0.2, 0.25) is 0 Å². The van der Waals surface area contributed by atoms with E-state index in [9.17, 15) is 14.9 Å². The zero-order valence-corrected chi connectivity index (χ0v) is 14.9. The van der Waals surface area contributed by atoms with Gasteiger partial charge in [0.15, 0.2) is 11.5 Å². The van der Waals surface area contributed by atoms with E-state index in [0.29, 0.717) is 30.3 Å². The van der Waals surface area contributed by atoms with Crippen LogP contribution >= 0.6 is 0 Å². The maximum absolute atomic E-state index is 12.4. The smallest absolute Gasteiger partial charge is 0.338 e. The number of nitrogens with zero attached hydrogens (tertiary/aromatic N) is 1. The van der Waals surface area contributed by atoms with E-state index in [1.165, 1.54) is 6.07 Å². The maximum atomic E-state index is 12.4. The number of rotatable bonds is 8. The van der Waals surface area contributed by atoms with Crippen molar-refractivity contribution in [2.75, 3.05) is 13.2 Å². The molecule has 0 aliphatic carbocycles. The van der Waals surface area contributed by atoms with E-state index in [-0.39, 0.29) is 11.3 Å². The van der Waals surface area contributed by atoms with Gasteiger partial charge in [0.1, 0.15) is 6.10 Å². The van der Waals surface area contributed by atoms with Crippen molar-refractivity contribution in [1.82, 2.24) is 0 Å². The molecule has 0 heterocycles. The molecule has 0 spiro atoms. The maximum Gasteiger partial charge on any atom is 0.338 e. The molecule has 26 heavy (non-hydrogen) atoms. The van der Waals surface area contributed by atoms with E-state index in [4.69, 9.17) is 14.2 Å². The third-order valence-corrected chi connectivity index (χ3v) is 3.63. The normalized spacial score (nSPS) is 11.5. The van der Waals surface area contributed by atoms with Gasteiger partial charge in [0.05, 0.1) is 29.3 Å². The SMILES string of the molecule is CCOc1ccc(C(=O)OC(C)c2ccccc2[N+](=O)[O-])cc1OCC. The first-order valence-electron chi connectivity index (χ1n) is 8.31. The Morgan fingerprint density at radius 3 is 2.38 bits per heavy atom. The summed E-state index contributed by atoms with van der Waals surface area (Å²) in [5, 5.41) is 11.1. The van der Waals surface area contributed by atoms with Gasteiger partial charge in [0.25, 0.3) is 5.69 Å². The van der Waals surface area contributed by atoms with Gasteiger partial charge in [-0.3, -0.25) is 10.1 Å².